The maximum Gasteiger partial charge on any atom is 0.254 e. The van der Waals surface area contributed by atoms with Crippen LogP contribution in [-0.4, -0.2) is 56.7 Å². The smallest absolute Gasteiger partial charge is 0.254 e. The van der Waals surface area contributed by atoms with Gasteiger partial charge in [-0.3, -0.25) is 4.79 Å². The molecule has 1 aliphatic heterocycles. The van der Waals surface area contributed by atoms with Gasteiger partial charge in [-0.05, 0) is 35.9 Å². The lowest BCUT2D eigenvalue weighted by molar-refractivity contribution is 0.0748. The van der Waals surface area contributed by atoms with Gasteiger partial charge in [0.05, 0.1) is 29.4 Å². The van der Waals surface area contributed by atoms with Gasteiger partial charge >= 0.3 is 0 Å². The van der Waals surface area contributed by atoms with Crippen molar-refractivity contribution in [2.24, 2.45) is 0 Å². The lowest BCUT2D eigenvalue weighted by Gasteiger charge is -2.35. The van der Waals surface area contributed by atoms with E-state index in [0.717, 1.165) is 16.9 Å². The zero-order valence-electron chi connectivity index (χ0n) is 20.2. The SMILES string of the molecule is O=C(c1cc(-c2ccccc2)nc2c1cnn2Cc1cccc(F)c1)N1CCN(c2ccccn2)CC1. The van der Waals surface area contributed by atoms with E-state index >= 15 is 0 Å². The van der Waals surface area contributed by atoms with Crippen molar-refractivity contribution >= 4 is 22.8 Å². The molecule has 5 aromatic rings. The molecule has 1 aliphatic rings. The largest absolute Gasteiger partial charge is 0.353 e. The molecule has 0 bridgehead atoms. The number of nitrogens with zero attached hydrogens (tertiary/aromatic N) is 6. The first kappa shape index (κ1) is 22.8. The van der Waals surface area contributed by atoms with Crippen LogP contribution in [0.5, 0.6) is 0 Å². The Hall–Kier alpha value is -4.59. The number of carbonyl (C=O) groups is 1. The quantitative estimate of drug-likeness (QED) is 0.358. The van der Waals surface area contributed by atoms with Crippen molar-refractivity contribution in [3.63, 3.8) is 0 Å². The summed E-state index contributed by atoms with van der Waals surface area (Å²) < 4.78 is 15.5. The summed E-state index contributed by atoms with van der Waals surface area (Å²) in [5.41, 5.74) is 3.55. The van der Waals surface area contributed by atoms with Crippen LogP contribution < -0.4 is 4.90 Å². The molecule has 0 radical (unpaired) electrons. The van der Waals surface area contributed by atoms with E-state index in [-0.39, 0.29) is 11.7 Å². The monoisotopic (exact) mass is 492 g/mol. The number of fused-ring (bicyclic) bond motifs is 1. The second kappa shape index (κ2) is 9.81. The molecular weight excluding hydrogens is 467 g/mol. The molecule has 0 spiro atoms. The van der Waals surface area contributed by atoms with Crippen LogP contribution in [0, 0.1) is 5.82 Å². The predicted octanol–water partition coefficient (Wildman–Crippen LogP) is 4.64. The molecule has 1 saturated heterocycles. The Bertz CT molecular complexity index is 1550. The Kier molecular flexibility index (Phi) is 6.06. The highest BCUT2D eigenvalue weighted by Gasteiger charge is 2.26. The van der Waals surface area contributed by atoms with Crippen LogP contribution in [0.1, 0.15) is 15.9 Å². The number of anilines is 1. The van der Waals surface area contributed by atoms with Crippen LogP contribution in [0.2, 0.25) is 0 Å². The fourth-order valence-corrected chi connectivity index (χ4v) is 4.76. The van der Waals surface area contributed by atoms with Gasteiger partial charge in [-0.25, -0.2) is 19.0 Å². The van der Waals surface area contributed by atoms with Gasteiger partial charge in [0.1, 0.15) is 11.6 Å². The van der Waals surface area contributed by atoms with E-state index in [1.165, 1.54) is 12.1 Å². The molecule has 0 unspecified atom stereocenters. The number of halogens is 1. The molecule has 37 heavy (non-hydrogen) atoms. The first-order valence-corrected chi connectivity index (χ1v) is 12.3. The Morgan fingerprint density at radius 2 is 1.70 bits per heavy atom. The summed E-state index contributed by atoms with van der Waals surface area (Å²) in [6, 6.07) is 23.9. The molecule has 1 fully saturated rings. The summed E-state index contributed by atoms with van der Waals surface area (Å²) in [4.78, 5) is 27.2. The molecule has 0 atom stereocenters. The van der Waals surface area contributed by atoms with Crippen LogP contribution in [0.3, 0.4) is 0 Å². The molecule has 7 nitrogen and oxygen atoms in total. The normalized spacial score (nSPS) is 13.8. The van der Waals surface area contributed by atoms with Crippen LogP contribution in [0.15, 0.2) is 91.3 Å². The van der Waals surface area contributed by atoms with E-state index in [9.17, 15) is 9.18 Å². The number of benzene rings is 2. The van der Waals surface area contributed by atoms with E-state index < -0.39 is 0 Å². The minimum atomic E-state index is -0.299. The fourth-order valence-electron chi connectivity index (χ4n) is 4.76. The molecule has 0 N–H and O–H groups in total. The van der Waals surface area contributed by atoms with E-state index in [0.29, 0.717) is 55.0 Å². The minimum absolute atomic E-state index is 0.0458. The van der Waals surface area contributed by atoms with Crippen LogP contribution in [-0.2, 0) is 6.54 Å². The maximum absolute atomic E-state index is 13.8. The van der Waals surface area contributed by atoms with Crippen molar-refractivity contribution in [2.75, 3.05) is 31.1 Å². The molecule has 6 rings (SSSR count). The number of aromatic nitrogens is 4. The van der Waals surface area contributed by atoms with Gasteiger partial charge < -0.3 is 9.80 Å². The Morgan fingerprint density at radius 3 is 2.46 bits per heavy atom. The van der Waals surface area contributed by atoms with Crippen molar-refractivity contribution < 1.29 is 9.18 Å². The summed E-state index contributed by atoms with van der Waals surface area (Å²) in [5, 5.41) is 5.23. The van der Waals surface area contributed by atoms with Crippen molar-refractivity contribution in [3.05, 3.63) is 108 Å². The van der Waals surface area contributed by atoms with Gasteiger partial charge in [0.15, 0.2) is 5.65 Å². The van der Waals surface area contributed by atoms with Crippen molar-refractivity contribution in [2.45, 2.75) is 6.54 Å². The second-order valence-corrected chi connectivity index (χ2v) is 9.06. The van der Waals surface area contributed by atoms with Gasteiger partial charge in [-0.1, -0.05) is 48.5 Å². The van der Waals surface area contributed by atoms with E-state index in [2.05, 4.69) is 15.0 Å². The highest BCUT2D eigenvalue weighted by atomic mass is 19.1. The number of pyridine rings is 2. The molecule has 0 saturated carbocycles. The Labute approximate surface area is 213 Å². The standard InChI is InChI=1S/C29H25FN6O/c30-23-10-6-7-21(17-23)20-36-28-25(19-32-36)24(18-26(33-28)22-8-2-1-3-9-22)29(37)35-15-13-34(14-16-35)27-11-4-5-12-31-27/h1-12,17-19H,13-16,20H2. The van der Waals surface area contributed by atoms with Crippen molar-refractivity contribution in [3.8, 4) is 11.3 Å². The number of hydrogen-bond acceptors (Lipinski definition) is 5. The van der Waals surface area contributed by atoms with Gasteiger partial charge in [0.2, 0.25) is 0 Å². The zero-order chi connectivity index (χ0) is 25.2. The molecule has 3 aromatic heterocycles. The lowest BCUT2D eigenvalue weighted by Crippen LogP contribution is -2.49. The first-order chi connectivity index (χ1) is 18.2. The summed E-state index contributed by atoms with van der Waals surface area (Å²) >= 11 is 0. The third kappa shape index (κ3) is 4.65. The number of piperazine rings is 1. The lowest BCUT2D eigenvalue weighted by atomic mass is 10.1. The van der Waals surface area contributed by atoms with Crippen LogP contribution in [0.4, 0.5) is 10.2 Å². The van der Waals surface area contributed by atoms with E-state index in [1.807, 2.05) is 65.6 Å². The van der Waals surface area contributed by atoms with E-state index in [1.54, 1.807) is 23.1 Å². The average Bonchev–Trinajstić information content (AvgIpc) is 3.35. The zero-order valence-corrected chi connectivity index (χ0v) is 20.2. The number of rotatable bonds is 5. The molecule has 2 aromatic carbocycles. The molecule has 184 valence electrons. The summed E-state index contributed by atoms with van der Waals surface area (Å²) in [6.45, 7) is 2.96. The molecular formula is C29H25FN6O. The van der Waals surface area contributed by atoms with Crippen molar-refractivity contribution in [1.29, 1.82) is 0 Å². The summed E-state index contributed by atoms with van der Waals surface area (Å²) in [5.74, 6) is 0.578. The second-order valence-electron chi connectivity index (χ2n) is 9.06. The molecule has 4 heterocycles. The van der Waals surface area contributed by atoms with Crippen molar-refractivity contribution in [1.82, 2.24) is 24.6 Å². The Balaban J connectivity index is 1.35. The van der Waals surface area contributed by atoms with Gasteiger partial charge in [-0.2, -0.15) is 5.10 Å². The minimum Gasteiger partial charge on any atom is -0.353 e. The highest BCUT2D eigenvalue weighted by Crippen LogP contribution is 2.27. The molecule has 0 aliphatic carbocycles. The fraction of sp³-hybridized carbons (Fsp3) is 0.172. The van der Waals surface area contributed by atoms with Gasteiger partial charge in [-0.15, -0.1) is 0 Å². The number of amides is 1. The molecule has 1 amide bonds. The third-order valence-electron chi connectivity index (χ3n) is 6.67. The van der Waals surface area contributed by atoms with Gasteiger partial charge in [0.25, 0.3) is 5.91 Å². The molecule has 8 heteroatoms. The topological polar surface area (TPSA) is 67.2 Å². The highest BCUT2D eigenvalue weighted by molar-refractivity contribution is 6.06. The average molecular weight is 493 g/mol. The predicted molar refractivity (Wildman–Crippen MR) is 141 cm³/mol. The number of hydrogen-bond donors (Lipinski definition) is 0. The number of carbonyl (C=O) groups excluding carboxylic acids is 1. The van der Waals surface area contributed by atoms with Crippen LogP contribution >= 0.6 is 0 Å². The van der Waals surface area contributed by atoms with Gasteiger partial charge in [0, 0.05) is 37.9 Å². The third-order valence-corrected chi connectivity index (χ3v) is 6.67. The Morgan fingerprint density at radius 1 is 0.892 bits per heavy atom. The first-order valence-electron chi connectivity index (χ1n) is 12.3. The van der Waals surface area contributed by atoms with E-state index in [4.69, 9.17) is 4.98 Å². The maximum atomic E-state index is 13.8. The summed E-state index contributed by atoms with van der Waals surface area (Å²) in [7, 11) is 0. The summed E-state index contributed by atoms with van der Waals surface area (Å²) in [6.07, 6.45) is 3.47. The van der Waals surface area contributed by atoms with Crippen LogP contribution in [0.25, 0.3) is 22.3 Å².